The van der Waals surface area contributed by atoms with E-state index in [0.717, 1.165) is 43.5 Å². The zero-order valence-electron chi connectivity index (χ0n) is 11.1. The lowest BCUT2D eigenvalue weighted by Gasteiger charge is -2.32. The Morgan fingerprint density at radius 3 is 2.68 bits per heavy atom. The van der Waals surface area contributed by atoms with E-state index in [-0.39, 0.29) is 5.56 Å². The van der Waals surface area contributed by atoms with Gasteiger partial charge in [0.25, 0.3) is 0 Å². The summed E-state index contributed by atoms with van der Waals surface area (Å²) >= 11 is 1.68. The van der Waals surface area contributed by atoms with Crippen LogP contribution in [-0.4, -0.2) is 71.4 Å². The summed E-state index contributed by atoms with van der Waals surface area (Å²) in [5.74, 6) is 0.0600. The molecule has 2 heterocycles. The first kappa shape index (κ1) is 14.3. The lowest BCUT2D eigenvalue weighted by atomic mass is 10.3. The molecule has 1 fully saturated rings. The minimum absolute atomic E-state index is 0.239. The molecule has 0 saturated carbocycles. The van der Waals surface area contributed by atoms with Gasteiger partial charge in [-0.15, -0.1) is 11.8 Å². The fourth-order valence-corrected chi connectivity index (χ4v) is 2.79. The average molecular weight is 281 g/mol. The Hall–Kier alpha value is -1.11. The third kappa shape index (κ3) is 4.49. The fourth-order valence-electron chi connectivity index (χ4n) is 1.94. The first-order chi connectivity index (χ1) is 9.15. The molecular weight excluding hydrogens is 262 g/mol. The van der Waals surface area contributed by atoms with Crippen LogP contribution in [0.5, 0.6) is 0 Å². The van der Waals surface area contributed by atoms with Crippen LogP contribution in [0.15, 0.2) is 23.4 Å². The van der Waals surface area contributed by atoms with Gasteiger partial charge in [-0.25, -0.2) is 9.78 Å². The summed E-state index contributed by atoms with van der Waals surface area (Å²) in [6, 6.07) is 3.38. The number of carboxylic acids is 1. The van der Waals surface area contributed by atoms with E-state index in [0.29, 0.717) is 0 Å². The zero-order chi connectivity index (χ0) is 13.7. The first-order valence-electron chi connectivity index (χ1n) is 6.38. The number of likely N-dealkylation sites (N-methyl/N-ethyl adjacent to an activating group) is 1. The second-order valence-electron chi connectivity index (χ2n) is 4.68. The van der Waals surface area contributed by atoms with E-state index in [1.807, 2.05) is 0 Å². The summed E-state index contributed by atoms with van der Waals surface area (Å²) in [7, 11) is 2.15. The number of hydrogen-bond acceptors (Lipinski definition) is 5. The van der Waals surface area contributed by atoms with Gasteiger partial charge in [0, 0.05) is 44.7 Å². The second-order valence-corrected chi connectivity index (χ2v) is 5.80. The Morgan fingerprint density at radius 2 is 2.11 bits per heavy atom. The largest absolute Gasteiger partial charge is 0.478 e. The summed E-state index contributed by atoms with van der Waals surface area (Å²) in [6.45, 7) is 5.58. The number of hydrogen-bond donors (Lipinski definition) is 1. The van der Waals surface area contributed by atoms with E-state index in [1.165, 1.54) is 6.20 Å². The Kier molecular flexibility index (Phi) is 5.18. The van der Waals surface area contributed by atoms with Gasteiger partial charge in [-0.1, -0.05) is 0 Å². The molecule has 0 spiro atoms. The molecule has 6 heteroatoms. The van der Waals surface area contributed by atoms with Crippen LogP contribution < -0.4 is 0 Å². The highest BCUT2D eigenvalue weighted by Crippen LogP contribution is 2.15. The summed E-state index contributed by atoms with van der Waals surface area (Å²) in [5.41, 5.74) is 0.239. The van der Waals surface area contributed by atoms with E-state index in [2.05, 4.69) is 21.8 Å². The maximum absolute atomic E-state index is 10.7. The molecule has 19 heavy (non-hydrogen) atoms. The molecule has 1 aromatic heterocycles. The molecule has 0 radical (unpaired) electrons. The summed E-state index contributed by atoms with van der Waals surface area (Å²) in [4.78, 5) is 19.7. The smallest absolute Gasteiger partial charge is 0.337 e. The number of piperazine rings is 1. The van der Waals surface area contributed by atoms with Crippen LogP contribution in [0.1, 0.15) is 10.4 Å². The normalized spacial score (nSPS) is 17.5. The average Bonchev–Trinajstić information content (AvgIpc) is 2.41. The monoisotopic (exact) mass is 281 g/mol. The molecule has 0 bridgehead atoms. The van der Waals surface area contributed by atoms with Gasteiger partial charge in [0.2, 0.25) is 0 Å². The first-order valence-corrected chi connectivity index (χ1v) is 7.37. The Labute approximate surface area is 117 Å². The number of carboxylic acid groups (broad SMARTS) is 1. The molecule has 1 aromatic rings. The molecule has 1 aliphatic rings. The van der Waals surface area contributed by atoms with Gasteiger partial charge in [0.15, 0.2) is 0 Å². The molecule has 104 valence electrons. The molecule has 0 aromatic carbocycles. The molecule has 5 nitrogen and oxygen atoms in total. The van der Waals surface area contributed by atoms with E-state index in [1.54, 1.807) is 23.9 Å². The molecule has 0 atom stereocenters. The van der Waals surface area contributed by atoms with E-state index < -0.39 is 5.97 Å². The summed E-state index contributed by atoms with van der Waals surface area (Å²) < 4.78 is 0. The quantitative estimate of drug-likeness (QED) is 0.816. The van der Waals surface area contributed by atoms with Crippen molar-refractivity contribution in [3.63, 3.8) is 0 Å². The number of pyridine rings is 1. The lowest BCUT2D eigenvalue weighted by molar-refractivity contribution is 0.0696. The number of nitrogens with zero attached hydrogens (tertiary/aromatic N) is 3. The number of carbonyl (C=O) groups is 1. The number of aromatic nitrogens is 1. The highest BCUT2D eigenvalue weighted by molar-refractivity contribution is 7.99. The van der Waals surface area contributed by atoms with Crippen molar-refractivity contribution in [3.8, 4) is 0 Å². The van der Waals surface area contributed by atoms with Crippen molar-refractivity contribution < 1.29 is 9.90 Å². The SMILES string of the molecule is CN1CCN(CCSc2ccc(C(=O)O)cn2)CC1. The molecule has 0 amide bonds. The second kappa shape index (κ2) is 6.88. The van der Waals surface area contributed by atoms with Crippen molar-refractivity contribution in [2.24, 2.45) is 0 Å². The van der Waals surface area contributed by atoms with Gasteiger partial charge >= 0.3 is 5.97 Å². The summed E-state index contributed by atoms with van der Waals surface area (Å²) in [5, 5.41) is 9.67. The van der Waals surface area contributed by atoms with Crippen LogP contribution in [0.2, 0.25) is 0 Å². The highest BCUT2D eigenvalue weighted by atomic mass is 32.2. The van der Waals surface area contributed by atoms with Crippen LogP contribution in [0.3, 0.4) is 0 Å². The predicted octanol–water partition coefficient (Wildman–Crippen LogP) is 1.12. The third-order valence-electron chi connectivity index (χ3n) is 3.24. The topological polar surface area (TPSA) is 56.7 Å². The third-order valence-corrected chi connectivity index (χ3v) is 4.16. The van der Waals surface area contributed by atoms with Crippen LogP contribution >= 0.6 is 11.8 Å². The van der Waals surface area contributed by atoms with Crippen LogP contribution in [0, 0.1) is 0 Å². The zero-order valence-corrected chi connectivity index (χ0v) is 11.9. The minimum Gasteiger partial charge on any atom is -0.478 e. The minimum atomic E-state index is -0.929. The van der Waals surface area contributed by atoms with Crippen molar-refractivity contribution in [1.29, 1.82) is 0 Å². The van der Waals surface area contributed by atoms with Gasteiger partial charge in [-0.3, -0.25) is 4.90 Å². The highest BCUT2D eigenvalue weighted by Gasteiger charge is 2.13. The van der Waals surface area contributed by atoms with E-state index in [4.69, 9.17) is 5.11 Å². The van der Waals surface area contributed by atoms with Gasteiger partial charge in [-0.05, 0) is 19.2 Å². The maximum Gasteiger partial charge on any atom is 0.337 e. The fraction of sp³-hybridized carbons (Fsp3) is 0.538. The molecule has 0 aliphatic carbocycles. The van der Waals surface area contributed by atoms with Crippen LogP contribution in [0.4, 0.5) is 0 Å². The van der Waals surface area contributed by atoms with Crippen LogP contribution in [-0.2, 0) is 0 Å². The van der Waals surface area contributed by atoms with Gasteiger partial charge in [0.05, 0.1) is 10.6 Å². The van der Waals surface area contributed by atoms with E-state index in [9.17, 15) is 4.79 Å². The molecule has 1 saturated heterocycles. The predicted molar refractivity (Wildman–Crippen MR) is 75.9 cm³/mol. The standard InChI is InChI=1S/C13H19N3O2S/c1-15-4-6-16(7-5-15)8-9-19-12-3-2-11(10-14-12)13(17)18/h2-3,10H,4-9H2,1H3,(H,17,18). The van der Waals surface area contributed by atoms with Crippen molar-refractivity contribution in [2.75, 3.05) is 45.5 Å². The van der Waals surface area contributed by atoms with E-state index >= 15 is 0 Å². The van der Waals surface area contributed by atoms with Crippen molar-refractivity contribution in [1.82, 2.24) is 14.8 Å². The Balaban J connectivity index is 1.72. The molecular formula is C13H19N3O2S. The van der Waals surface area contributed by atoms with Gasteiger partial charge < -0.3 is 10.0 Å². The summed E-state index contributed by atoms with van der Waals surface area (Å²) in [6.07, 6.45) is 1.42. The number of aromatic carboxylic acids is 1. The van der Waals surface area contributed by atoms with Crippen molar-refractivity contribution >= 4 is 17.7 Å². The van der Waals surface area contributed by atoms with Crippen LogP contribution in [0.25, 0.3) is 0 Å². The molecule has 2 rings (SSSR count). The lowest BCUT2D eigenvalue weighted by Crippen LogP contribution is -2.45. The number of rotatable bonds is 5. The van der Waals surface area contributed by atoms with Gasteiger partial charge in [-0.2, -0.15) is 0 Å². The number of thioether (sulfide) groups is 1. The van der Waals surface area contributed by atoms with Crippen molar-refractivity contribution in [3.05, 3.63) is 23.9 Å². The Morgan fingerprint density at radius 1 is 1.37 bits per heavy atom. The van der Waals surface area contributed by atoms with Crippen molar-refractivity contribution in [2.45, 2.75) is 5.03 Å². The Bertz CT molecular complexity index is 416. The molecule has 1 aliphatic heterocycles. The molecule has 1 N–H and O–H groups in total. The molecule has 0 unspecified atom stereocenters. The van der Waals surface area contributed by atoms with Gasteiger partial charge in [0.1, 0.15) is 0 Å². The maximum atomic E-state index is 10.7.